The molecule has 0 N–H and O–H groups in total. The van der Waals surface area contributed by atoms with Gasteiger partial charge in [-0.1, -0.05) is 103 Å². The molecule has 0 aliphatic heterocycles. The molecule has 0 bridgehead atoms. The van der Waals surface area contributed by atoms with Crippen LogP contribution in [-0.2, 0) is 0 Å². The number of benzene rings is 5. The minimum Gasteiger partial charge on any atom is -0.264 e. The molecule has 0 aliphatic carbocycles. The Labute approximate surface area is 228 Å². The molecule has 0 unspecified atom stereocenters. The van der Waals surface area contributed by atoms with Gasteiger partial charge in [0.1, 0.15) is 0 Å². The van der Waals surface area contributed by atoms with Gasteiger partial charge in [-0.25, -0.2) is 0 Å². The summed E-state index contributed by atoms with van der Waals surface area (Å²) in [5.74, 6) is 0. The lowest BCUT2D eigenvalue weighted by atomic mass is 9.85. The summed E-state index contributed by atoms with van der Waals surface area (Å²) in [7, 11) is 0. The molecular formula is C37H26N2. The number of hydrogen-bond acceptors (Lipinski definition) is 2. The smallest absolute Gasteiger partial charge is 0.0701 e. The predicted molar refractivity (Wildman–Crippen MR) is 164 cm³/mol. The Bertz CT molecular complexity index is 1880. The molecule has 0 spiro atoms. The zero-order valence-electron chi connectivity index (χ0n) is 21.7. The Morgan fingerprint density at radius 1 is 0.436 bits per heavy atom. The molecule has 39 heavy (non-hydrogen) atoms. The first-order valence-electron chi connectivity index (χ1n) is 13.2. The summed E-state index contributed by atoms with van der Waals surface area (Å²) in [6.45, 7) is 2.13. The molecule has 184 valence electrons. The maximum absolute atomic E-state index is 4.52. The normalized spacial score (nSPS) is 11.2. The SMILES string of the molecule is Cc1ccncc1-c1ccc(-c2c3ccccc3c(-c3ccc(-c4ccccn4)cc3)c3ccccc23)cc1. The van der Waals surface area contributed by atoms with Gasteiger partial charge in [0.05, 0.1) is 5.69 Å². The maximum Gasteiger partial charge on any atom is 0.0701 e. The van der Waals surface area contributed by atoms with Crippen molar-refractivity contribution in [1.29, 1.82) is 0 Å². The predicted octanol–water partition coefficient (Wildman–Crippen LogP) is 9.76. The van der Waals surface area contributed by atoms with Crippen molar-refractivity contribution < 1.29 is 0 Å². The van der Waals surface area contributed by atoms with Crippen LogP contribution in [-0.4, -0.2) is 9.97 Å². The Kier molecular flexibility index (Phi) is 5.71. The van der Waals surface area contributed by atoms with E-state index < -0.39 is 0 Å². The minimum absolute atomic E-state index is 0.985. The third-order valence-electron chi connectivity index (χ3n) is 7.59. The Balaban J connectivity index is 1.42. The second-order valence-electron chi connectivity index (χ2n) is 9.90. The number of fused-ring (bicyclic) bond motifs is 2. The number of nitrogens with zero attached hydrogens (tertiary/aromatic N) is 2. The van der Waals surface area contributed by atoms with Crippen molar-refractivity contribution in [3.8, 4) is 44.6 Å². The average Bonchev–Trinajstić information content (AvgIpc) is 3.01. The second kappa shape index (κ2) is 9.66. The molecule has 5 aromatic carbocycles. The van der Waals surface area contributed by atoms with E-state index in [4.69, 9.17) is 0 Å². The van der Waals surface area contributed by atoms with Gasteiger partial charge in [0.25, 0.3) is 0 Å². The molecule has 2 heteroatoms. The van der Waals surface area contributed by atoms with Crippen LogP contribution >= 0.6 is 0 Å². The number of hydrogen-bond donors (Lipinski definition) is 0. The van der Waals surface area contributed by atoms with Gasteiger partial charge < -0.3 is 0 Å². The molecule has 0 atom stereocenters. The first-order valence-corrected chi connectivity index (χ1v) is 13.2. The molecule has 0 radical (unpaired) electrons. The molecule has 2 aromatic heterocycles. The van der Waals surface area contributed by atoms with Crippen LogP contribution in [0.1, 0.15) is 5.56 Å². The Morgan fingerprint density at radius 3 is 1.41 bits per heavy atom. The lowest BCUT2D eigenvalue weighted by Crippen LogP contribution is -1.91. The fourth-order valence-corrected chi connectivity index (χ4v) is 5.67. The van der Waals surface area contributed by atoms with Crippen LogP contribution in [0.5, 0.6) is 0 Å². The van der Waals surface area contributed by atoms with Crippen molar-refractivity contribution in [1.82, 2.24) is 9.97 Å². The van der Waals surface area contributed by atoms with E-state index in [1.165, 1.54) is 60.5 Å². The molecule has 0 amide bonds. The summed E-state index contributed by atoms with van der Waals surface area (Å²) in [6, 6.07) is 43.4. The first kappa shape index (κ1) is 23.1. The number of rotatable bonds is 4. The van der Waals surface area contributed by atoms with Crippen LogP contribution in [0, 0.1) is 6.92 Å². The standard InChI is InChI=1S/C37H26N2/c1-25-21-23-38-24-34(25)26-13-17-28(18-14-26)36-30-8-2-4-10-32(30)37(33-11-5-3-9-31(33)36)29-19-15-27(16-20-29)35-12-6-7-22-39-35/h2-24H,1H3. The summed E-state index contributed by atoms with van der Waals surface area (Å²) in [5.41, 5.74) is 10.6. The summed E-state index contributed by atoms with van der Waals surface area (Å²) < 4.78 is 0. The quantitative estimate of drug-likeness (QED) is 0.226. The minimum atomic E-state index is 0.985. The second-order valence-corrected chi connectivity index (χ2v) is 9.90. The lowest BCUT2D eigenvalue weighted by Gasteiger charge is -2.18. The molecule has 0 aliphatic rings. The number of aryl methyl sites for hydroxylation is 1. The van der Waals surface area contributed by atoms with E-state index in [-0.39, 0.29) is 0 Å². The highest BCUT2D eigenvalue weighted by Gasteiger charge is 2.16. The summed E-state index contributed by atoms with van der Waals surface area (Å²) in [4.78, 5) is 8.87. The molecule has 7 aromatic rings. The van der Waals surface area contributed by atoms with Gasteiger partial charge in [-0.05, 0) is 80.0 Å². The van der Waals surface area contributed by atoms with E-state index in [0.29, 0.717) is 0 Å². The highest BCUT2D eigenvalue weighted by molar-refractivity contribution is 6.21. The molecule has 0 saturated carbocycles. The van der Waals surface area contributed by atoms with Crippen LogP contribution in [0.15, 0.2) is 140 Å². The fraction of sp³-hybridized carbons (Fsp3) is 0.0270. The lowest BCUT2D eigenvalue weighted by molar-refractivity contribution is 1.29. The van der Waals surface area contributed by atoms with Crippen molar-refractivity contribution in [2.45, 2.75) is 6.92 Å². The van der Waals surface area contributed by atoms with Crippen molar-refractivity contribution in [2.24, 2.45) is 0 Å². The van der Waals surface area contributed by atoms with Crippen molar-refractivity contribution in [3.63, 3.8) is 0 Å². The third kappa shape index (κ3) is 4.07. The first-order chi connectivity index (χ1) is 19.3. The highest BCUT2D eigenvalue weighted by Crippen LogP contribution is 2.44. The van der Waals surface area contributed by atoms with E-state index in [1.54, 1.807) is 0 Å². The molecule has 2 heterocycles. The Hall–Kier alpha value is -5.08. The fourth-order valence-electron chi connectivity index (χ4n) is 5.67. The van der Waals surface area contributed by atoms with Crippen LogP contribution in [0.2, 0.25) is 0 Å². The van der Waals surface area contributed by atoms with Gasteiger partial charge in [0, 0.05) is 29.7 Å². The van der Waals surface area contributed by atoms with Gasteiger partial charge in [0.2, 0.25) is 0 Å². The van der Waals surface area contributed by atoms with Crippen molar-refractivity contribution in [2.75, 3.05) is 0 Å². The Morgan fingerprint density at radius 2 is 0.923 bits per heavy atom. The summed E-state index contributed by atoms with van der Waals surface area (Å²) >= 11 is 0. The van der Waals surface area contributed by atoms with E-state index in [2.05, 4.69) is 126 Å². The zero-order chi connectivity index (χ0) is 26.2. The van der Waals surface area contributed by atoms with Crippen LogP contribution < -0.4 is 0 Å². The number of aromatic nitrogens is 2. The van der Waals surface area contributed by atoms with Gasteiger partial charge >= 0.3 is 0 Å². The number of pyridine rings is 2. The van der Waals surface area contributed by atoms with Crippen molar-refractivity contribution >= 4 is 21.5 Å². The van der Waals surface area contributed by atoms with Gasteiger partial charge in [-0.15, -0.1) is 0 Å². The molecule has 7 rings (SSSR count). The van der Waals surface area contributed by atoms with Crippen molar-refractivity contribution in [3.05, 3.63) is 145 Å². The highest BCUT2D eigenvalue weighted by atomic mass is 14.7. The average molecular weight is 499 g/mol. The van der Waals surface area contributed by atoms with Crippen LogP contribution in [0.25, 0.3) is 66.2 Å². The van der Waals surface area contributed by atoms with Gasteiger partial charge in [-0.2, -0.15) is 0 Å². The topological polar surface area (TPSA) is 25.8 Å². The summed E-state index contributed by atoms with van der Waals surface area (Å²) in [5, 5.41) is 5.02. The van der Waals surface area contributed by atoms with Crippen LogP contribution in [0.4, 0.5) is 0 Å². The summed E-state index contributed by atoms with van der Waals surface area (Å²) in [6.07, 6.45) is 5.63. The monoisotopic (exact) mass is 498 g/mol. The van der Waals surface area contributed by atoms with E-state index in [0.717, 1.165) is 11.3 Å². The van der Waals surface area contributed by atoms with Gasteiger partial charge in [0.15, 0.2) is 0 Å². The van der Waals surface area contributed by atoms with Crippen LogP contribution in [0.3, 0.4) is 0 Å². The molecule has 0 fully saturated rings. The van der Waals surface area contributed by atoms with Gasteiger partial charge in [-0.3, -0.25) is 9.97 Å². The molecular weight excluding hydrogens is 472 g/mol. The van der Waals surface area contributed by atoms with E-state index >= 15 is 0 Å². The molecule has 2 nitrogen and oxygen atoms in total. The molecule has 0 saturated heterocycles. The zero-order valence-corrected chi connectivity index (χ0v) is 21.7. The van der Waals surface area contributed by atoms with E-state index in [9.17, 15) is 0 Å². The maximum atomic E-state index is 4.52. The largest absolute Gasteiger partial charge is 0.264 e. The van der Waals surface area contributed by atoms with E-state index in [1.807, 2.05) is 30.7 Å². The third-order valence-corrected chi connectivity index (χ3v) is 7.59.